The summed E-state index contributed by atoms with van der Waals surface area (Å²) in [5, 5.41) is 8.63. The van der Waals surface area contributed by atoms with Gasteiger partial charge in [0, 0.05) is 7.05 Å². The third-order valence-corrected chi connectivity index (χ3v) is 2.61. The Labute approximate surface area is 124 Å². The Kier molecular flexibility index (Phi) is 5.97. The van der Waals surface area contributed by atoms with Gasteiger partial charge in [0.2, 0.25) is 0 Å². The second-order valence-corrected chi connectivity index (χ2v) is 4.32. The zero-order valence-electron chi connectivity index (χ0n) is 11.6. The summed E-state index contributed by atoms with van der Waals surface area (Å²) >= 11 is 0. The van der Waals surface area contributed by atoms with Crippen LogP contribution in [0.15, 0.2) is 30.3 Å². The molecule has 120 valence electrons. The summed E-state index contributed by atoms with van der Waals surface area (Å²) in [6.07, 6.45) is -4.44. The Hall–Kier alpha value is -2.51. The minimum Gasteiger partial charge on any atom is -0.492 e. The molecule has 5 nitrogen and oxygen atoms in total. The first-order valence-electron chi connectivity index (χ1n) is 6.16. The number of likely N-dealkylation sites (N-methyl/N-ethyl adjacent to an activating group) is 1. The number of carboxylic acid groups (broad SMARTS) is 1. The molecule has 8 heteroatoms. The molecule has 0 aliphatic rings. The van der Waals surface area contributed by atoms with Gasteiger partial charge in [-0.3, -0.25) is 4.79 Å². The summed E-state index contributed by atoms with van der Waals surface area (Å²) in [6, 6.07) is 5.99. The normalized spacial score (nSPS) is 11.5. The average molecular weight is 317 g/mol. The molecule has 22 heavy (non-hydrogen) atoms. The van der Waals surface area contributed by atoms with E-state index in [2.05, 4.69) is 0 Å². The van der Waals surface area contributed by atoms with Crippen LogP contribution in [0.25, 0.3) is 6.08 Å². The first kappa shape index (κ1) is 17.5. The van der Waals surface area contributed by atoms with Crippen LogP contribution in [0.1, 0.15) is 5.56 Å². The lowest BCUT2D eigenvalue weighted by Gasteiger charge is -2.13. The molecule has 1 rings (SSSR count). The number of carbonyl (C=O) groups is 2. The molecule has 0 aliphatic heterocycles. The van der Waals surface area contributed by atoms with Crippen LogP contribution in [0.2, 0.25) is 0 Å². The molecular formula is C14H14F3NO4. The van der Waals surface area contributed by atoms with Crippen molar-refractivity contribution in [3.8, 4) is 5.75 Å². The molecule has 0 heterocycles. The van der Waals surface area contributed by atoms with E-state index in [1.807, 2.05) is 0 Å². The van der Waals surface area contributed by atoms with Crippen LogP contribution in [0, 0.1) is 0 Å². The van der Waals surface area contributed by atoms with E-state index in [0.717, 1.165) is 11.0 Å². The number of ether oxygens (including phenoxy) is 1. The highest BCUT2D eigenvalue weighted by molar-refractivity contribution is 5.97. The van der Waals surface area contributed by atoms with E-state index in [4.69, 9.17) is 9.84 Å². The first-order chi connectivity index (χ1) is 10.2. The monoisotopic (exact) mass is 317 g/mol. The molecular weight excluding hydrogens is 303 g/mol. The standard InChI is InChI=1S/C14H14F3NO4/c1-18(13(20)21)8-9-22-11-5-2-10(3-6-11)4-7-12(19)14(15,16)17/h2-7H,8-9H2,1H3,(H,20,21)/b7-4+. The zero-order valence-corrected chi connectivity index (χ0v) is 11.6. The maximum absolute atomic E-state index is 12.0. The van der Waals surface area contributed by atoms with E-state index >= 15 is 0 Å². The Morgan fingerprint density at radius 2 is 1.86 bits per heavy atom. The van der Waals surface area contributed by atoms with Crippen LogP contribution in [-0.2, 0) is 4.79 Å². The Morgan fingerprint density at radius 3 is 2.36 bits per heavy atom. The number of carbonyl (C=O) groups excluding carboxylic acids is 1. The summed E-state index contributed by atoms with van der Waals surface area (Å²) in [5.74, 6) is -1.48. The fraction of sp³-hybridized carbons (Fsp3) is 0.286. The molecule has 0 fully saturated rings. The van der Waals surface area contributed by atoms with E-state index in [0.29, 0.717) is 17.4 Å². The predicted octanol–water partition coefficient (Wildman–Crippen LogP) is 2.82. The number of halogens is 3. The molecule has 0 spiro atoms. The van der Waals surface area contributed by atoms with Crippen molar-refractivity contribution >= 4 is 18.0 Å². The minimum absolute atomic E-state index is 0.143. The van der Waals surface area contributed by atoms with Crippen molar-refractivity contribution in [2.24, 2.45) is 0 Å². The number of nitrogens with zero attached hydrogens (tertiary/aromatic N) is 1. The molecule has 0 aliphatic carbocycles. The zero-order chi connectivity index (χ0) is 16.8. The lowest BCUT2D eigenvalue weighted by atomic mass is 10.2. The second kappa shape index (κ2) is 7.48. The van der Waals surface area contributed by atoms with Crippen LogP contribution in [-0.4, -0.2) is 48.3 Å². The molecule has 1 aromatic rings. The molecule has 0 saturated heterocycles. The third-order valence-electron chi connectivity index (χ3n) is 2.61. The first-order valence-corrected chi connectivity index (χ1v) is 6.16. The average Bonchev–Trinajstić information content (AvgIpc) is 2.44. The van der Waals surface area contributed by atoms with E-state index < -0.39 is 18.1 Å². The highest BCUT2D eigenvalue weighted by Gasteiger charge is 2.35. The largest absolute Gasteiger partial charge is 0.492 e. The number of alkyl halides is 3. The van der Waals surface area contributed by atoms with Gasteiger partial charge in [-0.1, -0.05) is 18.2 Å². The highest BCUT2D eigenvalue weighted by atomic mass is 19.4. The fourth-order valence-corrected chi connectivity index (χ4v) is 1.34. The van der Waals surface area contributed by atoms with Crippen LogP contribution in [0.4, 0.5) is 18.0 Å². The quantitative estimate of drug-likeness (QED) is 0.819. The van der Waals surface area contributed by atoms with Crippen molar-refractivity contribution in [1.82, 2.24) is 4.90 Å². The Bertz CT molecular complexity index is 552. The molecule has 0 bridgehead atoms. The Balaban J connectivity index is 2.51. The van der Waals surface area contributed by atoms with E-state index in [1.54, 1.807) is 0 Å². The van der Waals surface area contributed by atoms with Gasteiger partial charge >= 0.3 is 12.3 Å². The van der Waals surface area contributed by atoms with E-state index in [1.165, 1.54) is 31.3 Å². The van der Waals surface area contributed by atoms with Gasteiger partial charge in [-0.25, -0.2) is 4.79 Å². The van der Waals surface area contributed by atoms with Gasteiger partial charge in [0.1, 0.15) is 12.4 Å². The number of rotatable bonds is 6. The van der Waals surface area contributed by atoms with Gasteiger partial charge in [0.05, 0.1) is 6.54 Å². The Morgan fingerprint density at radius 1 is 1.27 bits per heavy atom. The summed E-state index contributed by atoms with van der Waals surface area (Å²) in [5.41, 5.74) is 0.410. The SMILES string of the molecule is CN(CCOc1ccc(/C=C/C(=O)C(F)(F)F)cc1)C(=O)O. The van der Waals surface area contributed by atoms with Crippen molar-refractivity contribution < 1.29 is 32.6 Å². The van der Waals surface area contributed by atoms with Gasteiger partial charge in [-0.15, -0.1) is 0 Å². The van der Waals surface area contributed by atoms with E-state index in [-0.39, 0.29) is 13.2 Å². The van der Waals surface area contributed by atoms with Crippen LogP contribution in [0.3, 0.4) is 0 Å². The number of hydrogen-bond donors (Lipinski definition) is 1. The van der Waals surface area contributed by atoms with Gasteiger partial charge in [0.15, 0.2) is 0 Å². The number of amides is 1. The van der Waals surface area contributed by atoms with Crippen molar-refractivity contribution in [2.75, 3.05) is 20.2 Å². The number of allylic oxidation sites excluding steroid dienone is 1. The van der Waals surface area contributed by atoms with Crippen LogP contribution in [0.5, 0.6) is 5.75 Å². The summed E-state index contributed by atoms with van der Waals surface area (Å²) in [7, 11) is 1.40. The van der Waals surface area contributed by atoms with Crippen molar-refractivity contribution in [2.45, 2.75) is 6.18 Å². The van der Waals surface area contributed by atoms with Crippen LogP contribution < -0.4 is 4.74 Å². The number of hydrogen-bond acceptors (Lipinski definition) is 3. The molecule has 1 amide bonds. The lowest BCUT2D eigenvalue weighted by molar-refractivity contribution is -0.165. The molecule has 0 unspecified atom stereocenters. The molecule has 0 atom stereocenters. The topological polar surface area (TPSA) is 66.8 Å². The lowest BCUT2D eigenvalue weighted by Crippen LogP contribution is -2.29. The van der Waals surface area contributed by atoms with Crippen molar-refractivity contribution in [3.63, 3.8) is 0 Å². The maximum Gasteiger partial charge on any atom is 0.454 e. The summed E-state index contributed by atoms with van der Waals surface area (Å²) in [6.45, 7) is 0.321. The van der Waals surface area contributed by atoms with E-state index in [9.17, 15) is 22.8 Å². The highest BCUT2D eigenvalue weighted by Crippen LogP contribution is 2.18. The summed E-state index contributed by atoms with van der Waals surface area (Å²) in [4.78, 5) is 22.3. The van der Waals surface area contributed by atoms with Gasteiger partial charge in [-0.2, -0.15) is 13.2 Å². The minimum atomic E-state index is -4.88. The van der Waals surface area contributed by atoms with Crippen molar-refractivity contribution in [1.29, 1.82) is 0 Å². The molecule has 1 N–H and O–H groups in total. The molecule has 0 radical (unpaired) electrons. The van der Waals surface area contributed by atoms with Gasteiger partial charge < -0.3 is 14.7 Å². The molecule has 1 aromatic carbocycles. The van der Waals surface area contributed by atoms with Gasteiger partial charge in [0.25, 0.3) is 5.78 Å². The summed E-state index contributed by atoms with van der Waals surface area (Å²) < 4.78 is 41.3. The third kappa shape index (κ3) is 5.86. The maximum atomic E-state index is 12.0. The predicted molar refractivity (Wildman–Crippen MR) is 72.7 cm³/mol. The number of ketones is 1. The number of benzene rings is 1. The van der Waals surface area contributed by atoms with Gasteiger partial charge in [-0.05, 0) is 23.8 Å². The van der Waals surface area contributed by atoms with Crippen LogP contribution >= 0.6 is 0 Å². The fourth-order valence-electron chi connectivity index (χ4n) is 1.34. The van der Waals surface area contributed by atoms with Crippen molar-refractivity contribution in [3.05, 3.63) is 35.9 Å². The second-order valence-electron chi connectivity index (χ2n) is 4.32. The molecule has 0 aromatic heterocycles. The smallest absolute Gasteiger partial charge is 0.454 e. The molecule has 0 saturated carbocycles.